The van der Waals surface area contributed by atoms with Crippen molar-refractivity contribution in [3.8, 4) is 0 Å². The summed E-state index contributed by atoms with van der Waals surface area (Å²) in [6.07, 6.45) is 0. The molecule has 0 saturated heterocycles. The zero-order chi connectivity index (χ0) is 15.8. The molecule has 0 bridgehead atoms. The van der Waals surface area contributed by atoms with Gasteiger partial charge >= 0.3 is 7.32 Å². The van der Waals surface area contributed by atoms with Crippen LogP contribution in [0.1, 0.15) is 62.3 Å². The first kappa shape index (κ1) is 23.9. The van der Waals surface area contributed by atoms with Gasteiger partial charge in [0.15, 0.2) is 0 Å². The highest BCUT2D eigenvalue weighted by Gasteiger charge is 2.19. The lowest BCUT2D eigenvalue weighted by molar-refractivity contribution is 0.0651. The van der Waals surface area contributed by atoms with Crippen LogP contribution in [0.4, 0.5) is 0 Å². The quantitative estimate of drug-likeness (QED) is 0.578. The van der Waals surface area contributed by atoms with E-state index >= 15 is 0 Å². The van der Waals surface area contributed by atoms with Gasteiger partial charge in [0.1, 0.15) is 0 Å². The molecule has 0 aliphatic rings. The van der Waals surface area contributed by atoms with Crippen molar-refractivity contribution in [1.82, 2.24) is 0 Å². The molecule has 0 fully saturated rings. The summed E-state index contributed by atoms with van der Waals surface area (Å²) >= 11 is 0. The SMILES string of the molecule is CC(C)(C)OB(O)O.CC(C)(C)P.CC(C)(C)P. The molecule has 2 unspecified atom stereocenters. The maximum atomic E-state index is 8.22. The van der Waals surface area contributed by atoms with Crippen molar-refractivity contribution in [3.05, 3.63) is 0 Å². The second kappa shape index (κ2) is 9.67. The van der Waals surface area contributed by atoms with E-state index in [4.69, 9.17) is 10.0 Å². The van der Waals surface area contributed by atoms with Gasteiger partial charge in [0.25, 0.3) is 0 Å². The molecule has 112 valence electrons. The van der Waals surface area contributed by atoms with E-state index in [1.165, 1.54) is 0 Å². The number of rotatable bonds is 1. The molecule has 2 N–H and O–H groups in total. The Hall–Kier alpha value is 0.805. The first-order valence-electron chi connectivity index (χ1n) is 6.03. The molecule has 6 heteroatoms. The Morgan fingerprint density at radius 3 is 0.889 bits per heavy atom. The van der Waals surface area contributed by atoms with Crippen molar-refractivity contribution in [1.29, 1.82) is 0 Å². The molecular formula is C12H33BO3P2. The van der Waals surface area contributed by atoms with E-state index in [1.54, 1.807) is 20.8 Å². The molecule has 0 amide bonds. The van der Waals surface area contributed by atoms with Crippen LogP contribution in [-0.4, -0.2) is 33.3 Å². The third kappa shape index (κ3) is 125. The van der Waals surface area contributed by atoms with Crippen LogP contribution in [0.25, 0.3) is 0 Å². The Morgan fingerprint density at radius 2 is 0.889 bits per heavy atom. The zero-order valence-electron chi connectivity index (χ0n) is 13.5. The van der Waals surface area contributed by atoms with Crippen LogP contribution in [0.15, 0.2) is 0 Å². The second-order valence-electron chi connectivity index (χ2n) is 7.29. The van der Waals surface area contributed by atoms with Gasteiger partial charge in [-0.2, -0.15) is 0 Å². The summed E-state index contributed by atoms with van der Waals surface area (Å²) in [4.78, 5) is 0. The minimum atomic E-state index is -1.66. The van der Waals surface area contributed by atoms with Gasteiger partial charge in [-0.05, 0) is 31.1 Å². The zero-order valence-corrected chi connectivity index (χ0v) is 15.8. The largest absolute Gasteiger partial charge is 0.634 e. The Balaban J connectivity index is -0.000000197. The molecule has 0 aromatic rings. The van der Waals surface area contributed by atoms with Crippen molar-refractivity contribution < 1.29 is 14.7 Å². The van der Waals surface area contributed by atoms with Crippen molar-refractivity contribution in [2.45, 2.75) is 78.2 Å². The van der Waals surface area contributed by atoms with Crippen molar-refractivity contribution in [2.24, 2.45) is 0 Å². The molecule has 18 heavy (non-hydrogen) atoms. The van der Waals surface area contributed by atoms with Crippen LogP contribution < -0.4 is 0 Å². The molecule has 0 aromatic carbocycles. The lowest BCUT2D eigenvalue weighted by Gasteiger charge is -2.18. The Bertz CT molecular complexity index is 167. The summed E-state index contributed by atoms with van der Waals surface area (Å²) in [5.74, 6) is 0. The number of hydrogen-bond donors (Lipinski definition) is 2. The summed E-state index contributed by atoms with van der Waals surface area (Å²) in [5, 5.41) is 17.3. The van der Waals surface area contributed by atoms with Crippen LogP contribution in [0.5, 0.6) is 0 Å². The lowest BCUT2D eigenvalue weighted by Crippen LogP contribution is -2.30. The fraction of sp³-hybridized carbons (Fsp3) is 1.00. The molecule has 0 rings (SSSR count). The fourth-order valence-corrected chi connectivity index (χ4v) is 0.316. The van der Waals surface area contributed by atoms with Crippen molar-refractivity contribution in [3.63, 3.8) is 0 Å². The monoisotopic (exact) mass is 298 g/mol. The van der Waals surface area contributed by atoms with Crippen molar-refractivity contribution in [2.75, 3.05) is 0 Å². The summed E-state index contributed by atoms with van der Waals surface area (Å²) in [7, 11) is 3.77. The summed E-state index contributed by atoms with van der Waals surface area (Å²) in [5.41, 5.74) is -0.478. The predicted octanol–water partition coefficient (Wildman–Crippen LogP) is 3.09. The summed E-state index contributed by atoms with van der Waals surface area (Å²) in [6.45, 7) is 18.1. The molecule has 2 atom stereocenters. The molecule has 0 aliphatic heterocycles. The highest BCUT2D eigenvalue weighted by Crippen LogP contribution is 2.12. The molecule has 0 spiro atoms. The van der Waals surface area contributed by atoms with Gasteiger partial charge in [0.2, 0.25) is 0 Å². The maximum Gasteiger partial charge on any atom is 0.634 e. The normalized spacial score (nSPS) is 11.8. The minimum Gasteiger partial charge on any atom is -0.402 e. The van der Waals surface area contributed by atoms with Crippen molar-refractivity contribution >= 4 is 25.8 Å². The maximum absolute atomic E-state index is 8.22. The second-order valence-corrected chi connectivity index (χ2v) is 10.8. The number of hydrogen-bond acceptors (Lipinski definition) is 3. The lowest BCUT2D eigenvalue weighted by atomic mass is 10.1. The van der Waals surface area contributed by atoms with E-state index in [0.29, 0.717) is 10.3 Å². The Kier molecular flexibility index (Phi) is 12.8. The average Bonchev–Trinajstić information content (AvgIpc) is 1.67. The highest BCUT2D eigenvalue weighted by molar-refractivity contribution is 7.18. The van der Waals surface area contributed by atoms with E-state index in [1.807, 2.05) is 0 Å². The third-order valence-corrected chi connectivity index (χ3v) is 0.459. The van der Waals surface area contributed by atoms with Gasteiger partial charge < -0.3 is 14.7 Å². The van der Waals surface area contributed by atoms with E-state index in [2.05, 4.69) is 64.7 Å². The Morgan fingerprint density at radius 1 is 0.722 bits per heavy atom. The molecule has 0 aliphatic carbocycles. The molecule has 0 heterocycles. The van der Waals surface area contributed by atoms with Gasteiger partial charge in [-0.1, -0.05) is 41.5 Å². The van der Waals surface area contributed by atoms with Crippen LogP contribution in [0, 0.1) is 0 Å². The molecule has 0 saturated carbocycles. The van der Waals surface area contributed by atoms with Gasteiger partial charge in [-0.15, -0.1) is 18.5 Å². The highest BCUT2D eigenvalue weighted by atomic mass is 31.0. The molecule has 0 radical (unpaired) electrons. The van der Waals surface area contributed by atoms with E-state index < -0.39 is 12.9 Å². The van der Waals surface area contributed by atoms with Crippen LogP contribution >= 0.6 is 18.5 Å². The summed E-state index contributed by atoms with van der Waals surface area (Å²) < 4.78 is 4.55. The van der Waals surface area contributed by atoms with Gasteiger partial charge in [0, 0.05) is 5.60 Å². The molecule has 0 aromatic heterocycles. The Labute approximate surface area is 119 Å². The van der Waals surface area contributed by atoms with E-state index in [9.17, 15) is 0 Å². The minimum absolute atomic E-state index is 0.417. The van der Waals surface area contributed by atoms with Crippen LogP contribution in [-0.2, 0) is 4.65 Å². The third-order valence-electron chi connectivity index (χ3n) is 0.459. The first-order valence-corrected chi connectivity index (χ1v) is 7.19. The van der Waals surface area contributed by atoms with Crippen LogP contribution in [0.3, 0.4) is 0 Å². The average molecular weight is 298 g/mol. The first-order chi connectivity index (χ1) is 7.42. The topological polar surface area (TPSA) is 49.7 Å². The van der Waals surface area contributed by atoms with E-state index in [0.717, 1.165) is 0 Å². The van der Waals surface area contributed by atoms with Gasteiger partial charge in [0.05, 0.1) is 0 Å². The standard InChI is InChI=1S/C4H11BO3.2C4H11P/c1-4(2,3)8-5(6)7;2*1-4(2,3)5/h6-7H,1-3H3;2*5H2,1-3H3. The van der Waals surface area contributed by atoms with Gasteiger partial charge in [-0.3, -0.25) is 0 Å². The van der Waals surface area contributed by atoms with Crippen LogP contribution in [0.2, 0.25) is 0 Å². The fourth-order valence-electron chi connectivity index (χ4n) is 0.316. The summed E-state index contributed by atoms with van der Waals surface area (Å²) in [6, 6.07) is 0. The molecule has 3 nitrogen and oxygen atoms in total. The van der Waals surface area contributed by atoms with E-state index in [-0.39, 0.29) is 0 Å². The molecular weight excluding hydrogens is 265 g/mol. The smallest absolute Gasteiger partial charge is 0.402 e. The van der Waals surface area contributed by atoms with Gasteiger partial charge in [-0.25, -0.2) is 0 Å². The predicted molar refractivity (Wildman–Crippen MR) is 90.0 cm³/mol.